The predicted molar refractivity (Wildman–Crippen MR) is 122 cm³/mol. The van der Waals surface area contributed by atoms with Crippen LogP contribution in [0.3, 0.4) is 0 Å². The third kappa shape index (κ3) is 5.89. The van der Waals surface area contributed by atoms with E-state index in [1.54, 1.807) is 16.3 Å². The molecule has 27 heavy (non-hydrogen) atoms. The van der Waals surface area contributed by atoms with Crippen LogP contribution in [0.4, 0.5) is 0 Å². The third-order valence-corrected chi connectivity index (χ3v) is 8.09. The molecule has 1 N–H and O–H groups in total. The van der Waals surface area contributed by atoms with Crippen molar-refractivity contribution >= 4 is 26.5 Å². The minimum Gasteiger partial charge on any atom is -0.507 e. The van der Waals surface area contributed by atoms with Crippen molar-refractivity contribution in [2.75, 3.05) is 5.38 Å². The number of benzene rings is 2. The van der Waals surface area contributed by atoms with Crippen molar-refractivity contribution in [1.29, 1.82) is 0 Å². The van der Waals surface area contributed by atoms with E-state index in [0.717, 1.165) is 26.0 Å². The van der Waals surface area contributed by atoms with E-state index in [2.05, 4.69) is 45.0 Å². The number of aromatic hydroxyl groups is 1. The van der Waals surface area contributed by atoms with Gasteiger partial charge in [0, 0.05) is 4.90 Å². The largest absolute Gasteiger partial charge is 0.507 e. The average molecular weight is 399 g/mol. The van der Waals surface area contributed by atoms with Crippen LogP contribution in [0.2, 0.25) is 0 Å². The van der Waals surface area contributed by atoms with Crippen LogP contribution in [0.1, 0.15) is 67.3 Å². The molecule has 0 heterocycles. The minimum atomic E-state index is 0.449. The number of hydrogen-bond donors (Lipinski definition) is 1. The Kier molecular flexibility index (Phi) is 8.98. The Hall–Kier alpha value is -1.19. The highest BCUT2D eigenvalue weighted by Gasteiger charge is 2.12. The maximum Gasteiger partial charge on any atom is 0.121 e. The summed E-state index contributed by atoms with van der Waals surface area (Å²) >= 11 is 1.94. The Balaban J connectivity index is 2.13. The first-order valence-corrected chi connectivity index (χ1v) is 12.5. The fourth-order valence-corrected chi connectivity index (χ4v) is 6.30. The van der Waals surface area contributed by atoms with Gasteiger partial charge in [-0.15, -0.1) is 11.8 Å². The van der Waals surface area contributed by atoms with Gasteiger partial charge in [0.1, 0.15) is 5.75 Å². The number of phenols is 1. The van der Waals surface area contributed by atoms with Gasteiger partial charge >= 0.3 is 0 Å². The van der Waals surface area contributed by atoms with Gasteiger partial charge in [0.15, 0.2) is 0 Å². The van der Waals surface area contributed by atoms with Crippen LogP contribution in [0, 0.1) is 20.8 Å². The van der Waals surface area contributed by atoms with Gasteiger partial charge in [-0.3, -0.25) is 0 Å². The highest BCUT2D eigenvalue weighted by atomic mass is 32.2. The zero-order chi connectivity index (χ0) is 19.8. The van der Waals surface area contributed by atoms with Gasteiger partial charge in [-0.05, 0) is 85.7 Å². The highest BCUT2D eigenvalue weighted by molar-refractivity contribution is 8.00. The van der Waals surface area contributed by atoms with Crippen molar-refractivity contribution in [3.63, 3.8) is 0 Å². The number of thioether (sulfide) groups is 1. The molecule has 0 atom stereocenters. The highest BCUT2D eigenvalue weighted by Crippen LogP contribution is 2.32. The molecule has 0 aliphatic heterocycles. The summed E-state index contributed by atoms with van der Waals surface area (Å²) in [5.74, 6) is 0.449. The van der Waals surface area contributed by atoms with Crippen molar-refractivity contribution in [3.8, 4) is 5.75 Å². The average Bonchev–Trinajstić information content (AvgIpc) is 2.67. The number of unbranched alkanes of at least 4 members (excludes halogenated alkanes) is 2. The maximum absolute atomic E-state index is 10.1. The van der Waals surface area contributed by atoms with Crippen LogP contribution in [-0.2, 0) is 12.8 Å². The molecular formula is C24H34OSSi. The Morgan fingerprint density at radius 3 is 2.37 bits per heavy atom. The molecule has 2 aromatic carbocycles. The lowest BCUT2D eigenvalue weighted by Gasteiger charge is -2.16. The van der Waals surface area contributed by atoms with Gasteiger partial charge in [0.05, 0.1) is 9.52 Å². The first-order chi connectivity index (χ1) is 13.0. The van der Waals surface area contributed by atoms with E-state index in [0.29, 0.717) is 5.75 Å². The van der Waals surface area contributed by atoms with E-state index >= 15 is 0 Å². The van der Waals surface area contributed by atoms with Crippen LogP contribution in [0.5, 0.6) is 5.75 Å². The number of rotatable bonds is 10. The molecule has 0 aliphatic carbocycles. The summed E-state index contributed by atoms with van der Waals surface area (Å²) in [5.41, 5.74) is 6.42. The van der Waals surface area contributed by atoms with Crippen LogP contribution >= 0.6 is 11.8 Å². The Labute approximate surface area is 172 Å². The van der Waals surface area contributed by atoms with Gasteiger partial charge in [0.25, 0.3) is 0 Å². The third-order valence-electron chi connectivity index (χ3n) is 5.35. The van der Waals surface area contributed by atoms with Crippen molar-refractivity contribution in [1.82, 2.24) is 0 Å². The second kappa shape index (κ2) is 11.0. The van der Waals surface area contributed by atoms with Crippen LogP contribution in [0.15, 0.2) is 29.2 Å². The zero-order valence-electron chi connectivity index (χ0n) is 17.6. The molecule has 0 saturated heterocycles. The summed E-state index contributed by atoms with van der Waals surface area (Å²) in [7, 11) is 0.829. The smallest absolute Gasteiger partial charge is 0.121 e. The fourth-order valence-electron chi connectivity index (χ4n) is 3.42. The van der Waals surface area contributed by atoms with E-state index in [1.807, 2.05) is 25.6 Å². The molecule has 2 aromatic rings. The zero-order valence-corrected chi connectivity index (χ0v) is 19.4. The number of aryl methyl sites for hydroxylation is 2. The fraction of sp³-hybridized carbons (Fsp3) is 0.500. The SMILES string of the molecule is CCCCc1cccc([Si]CSc2cc(C)c(O)c(C)c2C)c1CCCC. The Morgan fingerprint density at radius 1 is 0.963 bits per heavy atom. The number of hydrogen-bond acceptors (Lipinski definition) is 2. The summed E-state index contributed by atoms with van der Waals surface area (Å²) < 4.78 is 0. The first kappa shape index (κ1) is 22.1. The van der Waals surface area contributed by atoms with E-state index in [-0.39, 0.29) is 0 Å². The molecule has 0 amide bonds. The van der Waals surface area contributed by atoms with Gasteiger partial charge < -0.3 is 5.11 Å². The Morgan fingerprint density at radius 2 is 1.67 bits per heavy atom. The van der Waals surface area contributed by atoms with Gasteiger partial charge in [0.2, 0.25) is 0 Å². The van der Waals surface area contributed by atoms with Crippen molar-refractivity contribution in [2.45, 2.75) is 78.0 Å². The standard InChI is InChI=1S/C24H34OSSi/c1-6-8-11-20-12-10-14-23(21(20)13-9-7-2)27-16-26-22-15-17(3)24(25)19(5)18(22)4/h10,12,14-15,25H,6-9,11,13,16H2,1-5H3. The molecule has 0 aromatic heterocycles. The van der Waals surface area contributed by atoms with E-state index in [1.165, 1.54) is 49.0 Å². The van der Waals surface area contributed by atoms with Crippen LogP contribution < -0.4 is 5.19 Å². The molecule has 146 valence electrons. The molecule has 1 nitrogen and oxygen atoms in total. The lowest BCUT2D eigenvalue weighted by Crippen LogP contribution is -2.23. The topological polar surface area (TPSA) is 20.2 Å². The molecular weight excluding hydrogens is 364 g/mol. The van der Waals surface area contributed by atoms with Crippen molar-refractivity contribution in [2.24, 2.45) is 0 Å². The van der Waals surface area contributed by atoms with Crippen LogP contribution in [0.25, 0.3) is 0 Å². The van der Waals surface area contributed by atoms with Gasteiger partial charge in [-0.1, -0.05) is 50.1 Å². The van der Waals surface area contributed by atoms with Crippen LogP contribution in [-0.4, -0.2) is 20.0 Å². The van der Waals surface area contributed by atoms with Crippen molar-refractivity contribution < 1.29 is 5.11 Å². The molecule has 3 heteroatoms. The summed E-state index contributed by atoms with van der Waals surface area (Å²) in [4.78, 5) is 1.31. The van der Waals surface area contributed by atoms with E-state index in [4.69, 9.17) is 0 Å². The molecule has 0 spiro atoms. The minimum absolute atomic E-state index is 0.449. The lowest BCUT2D eigenvalue weighted by molar-refractivity contribution is 0.465. The monoisotopic (exact) mass is 398 g/mol. The lowest BCUT2D eigenvalue weighted by atomic mass is 9.98. The maximum atomic E-state index is 10.1. The normalized spacial score (nSPS) is 11.1. The quantitative estimate of drug-likeness (QED) is 0.386. The summed E-state index contributed by atoms with van der Waals surface area (Å²) in [5, 5.41) is 12.8. The molecule has 0 fully saturated rings. The molecule has 2 radical (unpaired) electrons. The Bertz CT molecular complexity index is 755. The van der Waals surface area contributed by atoms with Crippen molar-refractivity contribution in [3.05, 3.63) is 52.1 Å². The predicted octanol–water partition coefficient (Wildman–Crippen LogP) is 6.08. The molecule has 2 rings (SSSR count). The summed E-state index contributed by atoms with van der Waals surface area (Å²) in [6.45, 7) is 10.7. The molecule has 0 saturated carbocycles. The van der Waals surface area contributed by atoms with Gasteiger partial charge in [-0.25, -0.2) is 0 Å². The van der Waals surface area contributed by atoms with E-state index in [9.17, 15) is 5.11 Å². The second-order valence-corrected chi connectivity index (χ2v) is 10.2. The van der Waals surface area contributed by atoms with Gasteiger partial charge in [-0.2, -0.15) is 0 Å². The first-order valence-electron chi connectivity index (χ1n) is 10.3. The molecule has 0 unspecified atom stereocenters. The van der Waals surface area contributed by atoms with E-state index < -0.39 is 0 Å². The molecule has 0 bridgehead atoms. The second-order valence-electron chi connectivity index (χ2n) is 7.41. The summed E-state index contributed by atoms with van der Waals surface area (Å²) in [6, 6.07) is 9.09. The molecule has 0 aliphatic rings. The summed E-state index contributed by atoms with van der Waals surface area (Å²) in [6.07, 6.45) is 7.52. The number of phenolic OH excluding ortho intramolecular Hbond substituents is 1.